The van der Waals surface area contributed by atoms with Crippen molar-refractivity contribution >= 4 is 5.91 Å². The van der Waals surface area contributed by atoms with E-state index in [9.17, 15) is 9.90 Å². The highest BCUT2D eigenvalue weighted by Crippen LogP contribution is 2.41. The summed E-state index contributed by atoms with van der Waals surface area (Å²) < 4.78 is 0. The zero-order valence-corrected chi connectivity index (χ0v) is 14.8. The van der Waals surface area contributed by atoms with Gasteiger partial charge < -0.3 is 10.4 Å². The van der Waals surface area contributed by atoms with Crippen molar-refractivity contribution in [3.05, 3.63) is 29.8 Å². The van der Waals surface area contributed by atoms with Gasteiger partial charge in [0.2, 0.25) is 5.91 Å². The summed E-state index contributed by atoms with van der Waals surface area (Å²) in [5.41, 5.74) is 1.02. The Hall–Kier alpha value is -1.55. The van der Waals surface area contributed by atoms with Crippen LogP contribution in [0.1, 0.15) is 63.4 Å². The van der Waals surface area contributed by atoms with Crippen LogP contribution in [0.3, 0.4) is 0 Å². The molecule has 1 aromatic rings. The number of benzene rings is 1. The molecule has 1 unspecified atom stereocenters. The van der Waals surface area contributed by atoms with E-state index in [4.69, 9.17) is 0 Å². The molecule has 4 heteroatoms. The lowest BCUT2D eigenvalue weighted by Gasteiger charge is -2.43. The molecule has 1 aromatic carbocycles. The number of likely N-dealkylation sites (tertiary alicyclic amines) is 1. The highest BCUT2D eigenvalue weighted by Gasteiger charge is 2.38. The minimum absolute atomic E-state index is 0.157. The van der Waals surface area contributed by atoms with Gasteiger partial charge in [0, 0.05) is 11.5 Å². The van der Waals surface area contributed by atoms with Crippen LogP contribution in [0.25, 0.3) is 0 Å². The van der Waals surface area contributed by atoms with Gasteiger partial charge in [0.25, 0.3) is 0 Å². The molecule has 1 saturated heterocycles. The number of aromatic hydroxyl groups is 1. The number of hydrogen-bond donors (Lipinski definition) is 2. The molecule has 0 bridgehead atoms. The number of carbonyl (C=O) groups excluding carboxylic acids is 1. The van der Waals surface area contributed by atoms with E-state index in [2.05, 4.69) is 17.1 Å². The maximum Gasteiger partial charge on any atom is 0.234 e. The first kappa shape index (κ1) is 17.3. The number of carbonyl (C=O) groups is 1. The third-order valence-electron chi connectivity index (χ3n) is 5.74. The normalized spacial score (nSPS) is 28.5. The van der Waals surface area contributed by atoms with Crippen molar-refractivity contribution in [1.82, 2.24) is 10.2 Å². The molecule has 132 valence electrons. The van der Waals surface area contributed by atoms with Crippen molar-refractivity contribution in [3.63, 3.8) is 0 Å². The zero-order chi connectivity index (χ0) is 17.0. The van der Waals surface area contributed by atoms with Crippen LogP contribution in [-0.4, -0.2) is 41.1 Å². The predicted molar refractivity (Wildman–Crippen MR) is 96.2 cm³/mol. The van der Waals surface area contributed by atoms with Crippen LogP contribution in [0, 0.1) is 0 Å². The Morgan fingerprint density at radius 1 is 1.17 bits per heavy atom. The van der Waals surface area contributed by atoms with Crippen LogP contribution in [0.4, 0.5) is 0 Å². The van der Waals surface area contributed by atoms with Gasteiger partial charge in [0.15, 0.2) is 0 Å². The molecule has 1 aliphatic heterocycles. The SMILES string of the molecule is C[C@]1(NC(=O)CN2CCCCC2)CCCCC1c1ccc(O)cc1. The molecule has 2 N–H and O–H groups in total. The molecule has 3 rings (SSSR count). The van der Waals surface area contributed by atoms with Crippen LogP contribution in [-0.2, 0) is 4.79 Å². The van der Waals surface area contributed by atoms with E-state index >= 15 is 0 Å². The van der Waals surface area contributed by atoms with Gasteiger partial charge in [-0.2, -0.15) is 0 Å². The number of phenols is 1. The number of piperidine rings is 1. The van der Waals surface area contributed by atoms with Crippen LogP contribution in [0.2, 0.25) is 0 Å². The monoisotopic (exact) mass is 330 g/mol. The van der Waals surface area contributed by atoms with Crippen molar-refractivity contribution in [2.75, 3.05) is 19.6 Å². The first-order valence-corrected chi connectivity index (χ1v) is 9.39. The second-order valence-electron chi connectivity index (χ2n) is 7.69. The molecule has 2 atom stereocenters. The Labute approximate surface area is 145 Å². The fourth-order valence-electron chi connectivity index (χ4n) is 4.40. The molecule has 24 heavy (non-hydrogen) atoms. The number of hydrogen-bond acceptors (Lipinski definition) is 3. The third-order valence-corrected chi connectivity index (χ3v) is 5.74. The number of phenolic OH excluding ortho intramolecular Hbond substituents is 1. The topological polar surface area (TPSA) is 52.6 Å². The Morgan fingerprint density at radius 2 is 1.88 bits per heavy atom. The Balaban J connectivity index is 1.67. The van der Waals surface area contributed by atoms with Gasteiger partial charge in [-0.15, -0.1) is 0 Å². The minimum Gasteiger partial charge on any atom is -0.508 e. The van der Waals surface area contributed by atoms with Crippen LogP contribution >= 0.6 is 0 Å². The van der Waals surface area contributed by atoms with Gasteiger partial charge in [-0.05, 0) is 63.4 Å². The van der Waals surface area contributed by atoms with Crippen molar-refractivity contribution in [3.8, 4) is 5.75 Å². The standard InChI is InChI=1S/C20H30N2O2/c1-20(21-19(24)15-22-13-5-2-6-14-22)12-4-3-7-18(20)16-8-10-17(23)11-9-16/h8-11,18,23H,2-7,12-15H2,1H3,(H,21,24)/t18?,20-/m0/s1. The molecular weight excluding hydrogens is 300 g/mol. The van der Waals surface area contributed by atoms with Gasteiger partial charge >= 0.3 is 0 Å². The molecule has 1 amide bonds. The third kappa shape index (κ3) is 4.10. The highest BCUT2D eigenvalue weighted by molar-refractivity contribution is 5.79. The van der Waals surface area contributed by atoms with Crippen molar-refractivity contribution in [2.45, 2.75) is 63.3 Å². The summed E-state index contributed by atoms with van der Waals surface area (Å²) in [6.07, 6.45) is 8.17. The highest BCUT2D eigenvalue weighted by atomic mass is 16.3. The lowest BCUT2D eigenvalue weighted by Crippen LogP contribution is -2.54. The van der Waals surface area contributed by atoms with E-state index in [1.54, 1.807) is 12.1 Å². The first-order valence-electron chi connectivity index (χ1n) is 9.39. The van der Waals surface area contributed by atoms with Crippen molar-refractivity contribution in [2.24, 2.45) is 0 Å². The first-order chi connectivity index (χ1) is 11.6. The van der Waals surface area contributed by atoms with Gasteiger partial charge in [-0.1, -0.05) is 31.4 Å². The van der Waals surface area contributed by atoms with E-state index in [1.165, 1.54) is 31.2 Å². The fraction of sp³-hybridized carbons (Fsp3) is 0.650. The van der Waals surface area contributed by atoms with Gasteiger partial charge in [-0.3, -0.25) is 9.69 Å². The molecule has 1 saturated carbocycles. The van der Waals surface area contributed by atoms with Gasteiger partial charge in [0.1, 0.15) is 5.75 Å². The van der Waals surface area contributed by atoms with E-state index in [-0.39, 0.29) is 11.4 Å². The Bertz CT molecular complexity index is 551. The molecule has 2 aliphatic rings. The summed E-state index contributed by atoms with van der Waals surface area (Å²) in [4.78, 5) is 14.9. The lowest BCUT2D eigenvalue weighted by molar-refractivity contribution is -0.124. The minimum atomic E-state index is -0.192. The van der Waals surface area contributed by atoms with Crippen molar-refractivity contribution in [1.29, 1.82) is 0 Å². The van der Waals surface area contributed by atoms with E-state index in [0.717, 1.165) is 32.4 Å². The summed E-state index contributed by atoms with van der Waals surface area (Å²) in [7, 11) is 0. The van der Waals surface area contributed by atoms with E-state index in [1.807, 2.05) is 12.1 Å². The predicted octanol–water partition coefficient (Wildman–Crippen LogP) is 3.41. The molecule has 2 fully saturated rings. The summed E-state index contributed by atoms with van der Waals surface area (Å²) in [6, 6.07) is 7.50. The summed E-state index contributed by atoms with van der Waals surface area (Å²) in [5, 5.41) is 12.9. The van der Waals surface area contributed by atoms with Crippen LogP contribution in [0.5, 0.6) is 5.75 Å². The molecule has 1 heterocycles. The maximum absolute atomic E-state index is 12.6. The van der Waals surface area contributed by atoms with Crippen molar-refractivity contribution < 1.29 is 9.90 Å². The Morgan fingerprint density at radius 3 is 2.58 bits per heavy atom. The van der Waals surface area contributed by atoms with E-state index in [0.29, 0.717) is 18.2 Å². The lowest BCUT2D eigenvalue weighted by atomic mass is 9.70. The summed E-state index contributed by atoms with van der Waals surface area (Å²) in [6.45, 7) is 4.81. The Kier molecular flexibility index (Phi) is 5.44. The quantitative estimate of drug-likeness (QED) is 0.889. The smallest absolute Gasteiger partial charge is 0.234 e. The van der Waals surface area contributed by atoms with Gasteiger partial charge in [0.05, 0.1) is 6.54 Å². The fourth-order valence-corrected chi connectivity index (χ4v) is 4.40. The maximum atomic E-state index is 12.6. The van der Waals surface area contributed by atoms with Gasteiger partial charge in [-0.25, -0.2) is 0 Å². The van der Waals surface area contributed by atoms with Crippen LogP contribution < -0.4 is 5.32 Å². The molecular formula is C20H30N2O2. The zero-order valence-electron chi connectivity index (χ0n) is 14.8. The molecule has 4 nitrogen and oxygen atoms in total. The summed E-state index contributed by atoms with van der Waals surface area (Å²) >= 11 is 0. The van der Waals surface area contributed by atoms with Crippen LogP contribution in [0.15, 0.2) is 24.3 Å². The van der Waals surface area contributed by atoms with E-state index < -0.39 is 0 Å². The summed E-state index contributed by atoms with van der Waals surface area (Å²) in [5.74, 6) is 0.771. The number of nitrogens with zero attached hydrogens (tertiary/aromatic N) is 1. The molecule has 0 radical (unpaired) electrons. The average molecular weight is 330 g/mol. The molecule has 0 spiro atoms. The number of amides is 1. The second kappa shape index (κ2) is 7.56. The molecule has 0 aromatic heterocycles. The largest absolute Gasteiger partial charge is 0.508 e. The molecule has 1 aliphatic carbocycles. The number of nitrogens with one attached hydrogen (secondary N) is 1. The second-order valence-corrected chi connectivity index (χ2v) is 7.69. The number of rotatable bonds is 4. The average Bonchev–Trinajstić information content (AvgIpc) is 2.57.